The third-order valence-corrected chi connectivity index (χ3v) is 6.07. The van der Waals surface area contributed by atoms with Crippen LogP contribution in [0.25, 0.3) is 0 Å². The number of hydrogen-bond acceptors (Lipinski definition) is 4. The molecular formula is C11H19NO5S. The lowest BCUT2D eigenvalue weighted by Gasteiger charge is -2.35. The van der Waals surface area contributed by atoms with Gasteiger partial charge in [-0.15, -0.1) is 0 Å². The zero-order chi connectivity index (χ0) is 13.2. The van der Waals surface area contributed by atoms with Gasteiger partial charge in [-0.05, 0) is 12.8 Å². The maximum Gasteiger partial charge on any atom is 0.324 e. The van der Waals surface area contributed by atoms with E-state index in [4.69, 9.17) is 9.84 Å². The Labute approximate surface area is 107 Å². The fourth-order valence-corrected chi connectivity index (χ4v) is 4.79. The minimum atomic E-state index is -3.51. The molecule has 0 spiro atoms. The van der Waals surface area contributed by atoms with Gasteiger partial charge in [0.05, 0.1) is 18.5 Å². The molecule has 1 aliphatic carbocycles. The quantitative estimate of drug-likeness (QED) is 0.809. The predicted molar refractivity (Wildman–Crippen MR) is 64.7 cm³/mol. The molecule has 0 aromatic carbocycles. The van der Waals surface area contributed by atoms with Crippen LogP contribution in [-0.2, 0) is 19.6 Å². The van der Waals surface area contributed by atoms with E-state index in [0.29, 0.717) is 12.8 Å². The summed E-state index contributed by atoms with van der Waals surface area (Å²) in [7, 11) is -3.51. The van der Waals surface area contributed by atoms with Gasteiger partial charge in [-0.1, -0.05) is 19.3 Å². The van der Waals surface area contributed by atoms with E-state index in [1.807, 2.05) is 0 Å². The Hall–Kier alpha value is -0.660. The molecule has 1 saturated heterocycles. The predicted octanol–water partition coefficient (Wildman–Crippen LogP) is 0.434. The van der Waals surface area contributed by atoms with Crippen molar-refractivity contribution in [3.8, 4) is 0 Å². The molecule has 2 fully saturated rings. The van der Waals surface area contributed by atoms with Crippen LogP contribution in [0, 0.1) is 0 Å². The van der Waals surface area contributed by atoms with Gasteiger partial charge in [-0.3, -0.25) is 4.79 Å². The Bertz CT molecular complexity index is 402. The topological polar surface area (TPSA) is 83.9 Å². The number of ether oxygens (including phenoxy) is 1. The highest BCUT2D eigenvalue weighted by molar-refractivity contribution is 7.89. The second kappa shape index (κ2) is 5.54. The summed E-state index contributed by atoms with van der Waals surface area (Å²) >= 11 is 0. The van der Waals surface area contributed by atoms with Crippen LogP contribution in [0.1, 0.15) is 32.1 Å². The average Bonchev–Trinajstić information content (AvgIpc) is 2.39. The highest BCUT2D eigenvalue weighted by Gasteiger charge is 2.41. The maximum atomic E-state index is 12.5. The van der Waals surface area contributed by atoms with Crippen LogP contribution in [0.5, 0.6) is 0 Å². The minimum absolute atomic E-state index is 0.0543. The number of carbonyl (C=O) groups is 1. The van der Waals surface area contributed by atoms with Crippen molar-refractivity contribution in [2.24, 2.45) is 0 Å². The first kappa shape index (κ1) is 13.8. The fourth-order valence-electron chi connectivity index (χ4n) is 2.64. The van der Waals surface area contributed by atoms with Gasteiger partial charge in [0.25, 0.3) is 0 Å². The molecule has 2 aliphatic rings. The fraction of sp³-hybridized carbons (Fsp3) is 0.909. The molecule has 7 heteroatoms. The summed E-state index contributed by atoms with van der Waals surface area (Å²) in [6, 6.07) is -1.06. The van der Waals surface area contributed by atoms with Crippen LogP contribution >= 0.6 is 0 Å². The maximum absolute atomic E-state index is 12.5. The van der Waals surface area contributed by atoms with E-state index in [-0.39, 0.29) is 19.8 Å². The van der Waals surface area contributed by atoms with Crippen molar-refractivity contribution in [2.45, 2.75) is 43.4 Å². The number of sulfonamides is 1. The van der Waals surface area contributed by atoms with E-state index in [2.05, 4.69) is 0 Å². The van der Waals surface area contributed by atoms with Crippen molar-refractivity contribution in [2.75, 3.05) is 19.8 Å². The molecule has 1 N–H and O–H groups in total. The summed E-state index contributed by atoms with van der Waals surface area (Å²) in [6.07, 6.45) is 4.17. The van der Waals surface area contributed by atoms with Crippen LogP contribution < -0.4 is 0 Å². The summed E-state index contributed by atoms with van der Waals surface area (Å²) in [5.41, 5.74) is 0. The monoisotopic (exact) mass is 277 g/mol. The van der Waals surface area contributed by atoms with E-state index in [9.17, 15) is 13.2 Å². The molecule has 6 nitrogen and oxygen atoms in total. The average molecular weight is 277 g/mol. The molecule has 2 rings (SSSR count). The second-order valence-corrected chi connectivity index (χ2v) is 7.01. The molecular weight excluding hydrogens is 258 g/mol. The van der Waals surface area contributed by atoms with Crippen LogP contribution in [0.15, 0.2) is 0 Å². The van der Waals surface area contributed by atoms with Gasteiger partial charge in [-0.25, -0.2) is 8.42 Å². The molecule has 104 valence electrons. The van der Waals surface area contributed by atoms with Crippen molar-refractivity contribution in [1.82, 2.24) is 4.31 Å². The van der Waals surface area contributed by atoms with Crippen molar-refractivity contribution in [3.05, 3.63) is 0 Å². The van der Waals surface area contributed by atoms with Crippen LogP contribution in [0.4, 0.5) is 0 Å². The number of carboxylic acids is 1. The summed E-state index contributed by atoms with van der Waals surface area (Å²) in [5, 5.41) is 8.67. The Morgan fingerprint density at radius 1 is 1.22 bits per heavy atom. The third-order valence-electron chi connectivity index (χ3n) is 3.66. The molecule has 1 aliphatic heterocycles. The summed E-state index contributed by atoms with van der Waals surface area (Å²) in [5.74, 6) is -1.13. The van der Waals surface area contributed by atoms with E-state index in [1.54, 1.807) is 0 Å². The lowest BCUT2D eigenvalue weighted by molar-refractivity contribution is -0.146. The summed E-state index contributed by atoms with van der Waals surface area (Å²) in [4.78, 5) is 11.1. The van der Waals surface area contributed by atoms with Gasteiger partial charge in [-0.2, -0.15) is 4.31 Å². The lowest BCUT2D eigenvalue weighted by Crippen LogP contribution is -2.55. The van der Waals surface area contributed by atoms with Gasteiger partial charge in [0.15, 0.2) is 0 Å². The highest BCUT2D eigenvalue weighted by atomic mass is 32.2. The molecule has 1 atom stereocenters. The van der Waals surface area contributed by atoms with Gasteiger partial charge in [0.2, 0.25) is 10.0 Å². The van der Waals surface area contributed by atoms with Crippen molar-refractivity contribution >= 4 is 16.0 Å². The normalized spacial score (nSPS) is 28.1. The first-order chi connectivity index (χ1) is 8.53. The standard InChI is InChI=1S/C11H19NO5S/c13-11(14)10-8-17-7-6-12(10)18(15,16)9-4-2-1-3-5-9/h9-10H,1-8H2,(H,13,14). The summed E-state index contributed by atoms with van der Waals surface area (Å²) < 4.78 is 31.1. The molecule has 1 heterocycles. The molecule has 0 bridgehead atoms. The van der Waals surface area contributed by atoms with Crippen LogP contribution in [-0.4, -0.2) is 54.8 Å². The molecule has 0 amide bonds. The first-order valence-electron chi connectivity index (χ1n) is 6.34. The number of aliphatic carboxylic acids is 1. The van der Waals surface area contributed by atoms with Gasteiger partial charge < -0.3 is 9.84 Å². The van der Waals surface area contributed by atoms with Gasteiger partial charge in [0, 0.05) is 6.54 Å². The van der Waals surface area contributed by atoms with E-state index < -0.39 is 27.3 Å². The first-order valence-corrected chi connectivity index (χ1v) is 7.85. The molecule has 0 radical (unpaired) electrons. The van der Waals surface area contributed by atoms with Gasteiger partial charge in [0.1, 0.15) is 6.04 Å². The van der Waals surface area contributed by atoms with Gasteiger partial charge >= 0.3 is 5.97 Å². The number of nitrogens with zero attached hydrogens (tertiary/aromatic N) is 1. The zero-order valence-electron chi connectivity index (χ0n) is 10.2. The van der Waals surface area contributed by atoms with Crippen LogP contribution in [0.2, 0.25) is 0 Å². The number of morpholine rings is 1. The Kier molecular flexibility index (Phi) is 4.24. The van der Waals surface area contributed by atoms with E-state index in [0.717, 1.165) is 23.6 Å². The van der Waals surface area contributed by atoms with Crippen molar-refractivity contribution in [1.29, 1.82) is 0 Å². The SMILES string of the molecule is O=C(O)C1COCCN1S(=O)(=O)C1CCCCC1. The molecule has 1 saturated carbocycles. The Morgan fingerprint density at radius 2 is 1.89 bits per heavy atom. The number of hydrogen-bond donors (Lipinski definition) is 1. The van der Waals surface area contributed by atoms with E-state index >= 15 is 0 Å². The largest absolute Gasteiger partial charge is 0.480 e. The molecule has 1 unspecified atom stereocenters. The third kappa shape index (κ3) is 2.67. The highest BCUT2D eigenvalue weighted by Crippen LogP contribution is 2.28. The number of carboxylic acid groups (broad SMARTS) is 1. The van der Waals surface area contributed by atoms with E-state index in [1.165, 1.54) is 0 Å². The molecule has 0 aromatic heterocycles. The Balaban J connectivity index is 2.18. The Morgan fingerprint density at radius 3 is 2.50 bits per heavy atom. The molecule has 18 heavy (non-hydrogen) atoms. The zero-order valence-corrected chi connectivity index (χ0v) is 11.1. The van der Waals surface area contributed by atoms with Crippen molar-refractivity contribution < 1.29 is 23.1 Å². The lowest BCUT2D eigenvalue weighted by atomic mass is 10.0. The van der Waals surface area contributed by atoms with Crippen molar-refractivity contribution in [3.63, 3.8) is 0 Å². The second-order valence-electron chi connectivity index (χ2n) is 4.84. The van der Waals surface area contributed by atoms with Crippen LogP contribution in [0.3, 0.4) is 0 Å². The molecule has 0 aromatic rings. The smallest absolute Gasteiger partial charge is 0.324 e. The number of rotatable bonds is 3. The summed E-state index contributed by atoms with van der Waals surface area (Å²) in [6.45, 7) is 0.368. The minimum Gasteiger partial charge on any atom is -0.480 e.